The van der Waals surface area contributed by atoms with Gasteiger partial charge < -0.3 is 10.6 Å². The summed E-state index contributed by atoms with van der Waals surface area (Å²) in [7, 11) is 0. The maximum atomic E-state index is 12.2. The van der Waals surface area contributed by atoms with E-state index < -0.39 is 0 Å². The molecule has 1 amide bonds. The molecule has 1 aromatic heterocycles. The van der Waals surface area contributed by atoms with Gasteiger partial charge in [0.2, 0.25) is 5.91 Å². The van der Waals surface area contributed by atoms with Crippen molar-refractivity contribution in [3.05, 3.63) is 41.7 Å². The van der Waals surface area contributed by atoms with Crippen molar-refractivity contribution in [1.29, 1.82) is 0 Å². The molecule has 0 radical (unpaired) electrons. The highest BCUT2D eigenvalue weighted by Crippen LogP contribution is 2.12. The van der Waals surface area contributed by atoms with Crippen molar-refractivity contribution < 1.29 is 4.79 Å². The molecule has 22 heavy (non-hydrogen) atoms. The van der Waals surface area contributed by atoms with Crippen LogP contribution in [-0.2, 0) is 11.2 Å². The fourth-order valence-electron chi connectivity index (χ4n) is 2.74. The van der Waals surface area contributed by atoms with Gasteiger partial charge in [0.25, 0.3) is 0 Å². The van der Waals surface area contributed by atoms with Crippen LogP contribution < -0.4 is 10.6 Å². The number of rotatable bonds is 4. The average molecular weight is 299 g/mol. The van der Waals surface area contributed by atoms with Gasteiger partial charge in [0.05, 0.1) is 23.5 Å². The van der Waals surface area contributed by atoms with Crippen molar-refractivity contribution in [2.24, 2.45) is 0 Å². The van der Waals surface area contributed by atoms with E-state index in [0.29, 0.717) is 0 Å². The van der Waals surface area contributed by atoms with E-state index in [1.54, 1.807) is 4.68 Å². The molecular formula is C16H21N5O. The smallest absolute Gasteiger partial charge is 0.226 e. The summed E-state index contributed by atoms with van der Waals surface area (Å²) in [5.74, 6) is 0.0233. The molecule has 2 aromatic rings. The molecule has 3 rings (SSSR count). The minimum Gasteiger partial charge on any atom is -0.353 e. The third-order valence-corrected chi connectivity index (χ3v) is 4.02. The number of para-hydroxylation sites is 1. The van der Waals surface area contributed by atoms with Gasteiger partial charge in [-0.3, -0.25) is 4.79 Å². The SMILES string of the molecule is Cc1c(CC(=O)NC2CCNCC2)nnn1-c1ccccc1. The van der Waals surface area contributed by atoms with Crippen LogP contribution in [0.15, 0.2) is 30.3 Å². The molecule has 2 heterocycles. The zero-order chi connectivity index (χ0) is 15.4. The first-order chi connectivity index (χ1) is 10.7. The first kappa shape index (κ1) is 14.7. The van der Waals surface area contributed by atoms with Crippen LogP contribution in [0.4, 0.5) is 0 Å². The molecule has 0 aliphatic carbocycles. The first-order valence-corrected chi connectivity index (χ1v) is 7.71. The van der Waals surface area contributed by atoms with Crippen LogP contribution in [0.25, 0.3) is 5.69 Å². The fraction of sp³-hybridized carbons (Fsp3) is 0.438. The largest absolute Gasteiger partial charge is 0.353 e. The van der Waals surface area contributed by atoms with E-state index in [2.05, 4.69) is 20.9 Å². The average Bonchev–Trinajstić information content (AvgIpc) is 2.90. The zero-order valence-corrected chi connectivity index (χ0v) is 12.7. The second-order valence-corrected chi connectivity index (χ2v) is 5.64. The molecule has 0 saturated carbocycles. The predicted molar refractivity (Wildman–Crippen MR) is 83.8 cm³/mol. The number of carbonyl (C=O) groups is 1. The van der Waals surface area contributed by atoms with Gasteiger partial charge >= 0.3 is 0 Å². The van der Waals surface area contributed by atoms with Gasteiger partial charge in [-0.2, -0.15) is 0 Å². The van der Waals surface area contributed by atoms with Gasteiger partial charge in [-0.25, -0.2) is 4.68 Å². The number of piperidine rings is 1. The molecule has 6 nitrogen and oxygen atoms in total. The van der Waals surface area contributed by atoms with Crippen molar-refractivity contribution in [3.8, 4) is 5.69 Å². The Hall–Kier alpha value is -2.21. The molecule has 1 fully saturated rings. The minimum atomic E-state index is 0.0233. The van der Waals surface area contributed by atoms with Crippen LogP contribution >= 0.6 is 0 Å². The van der Waals surface area contributed by atoms with Crippen molar-refractivity contribution in [2.45, 2.75) is 32.2 Å². The number of amides is 1. The summed E-state index contributed by atoms with van der Waals surface area (Å²) in [6.07, 6.45) is 2.26. The Morgan fingerprint density at radius 2 is 2.05 bits per heavy atom. The first-order valence-electron chi connectivity index (χ1n) is 7.71. The van der Waals surface area contributed by atoms with Crippen LogP contribution in [0.2, 0.25) is 0 Å². The molecule has 6 heteroatoms. The maximum Gasteiger partial charge on any atom is 0.226 e. The second-order valence-electron chi connectivity index (χ2n) is 5.64. The molecule has 1 aromatic carbocycles. The predicted octanol–water partition coefficient (Wildman–Crippen LogP) is 0.986. The van der Waals surface area contributed by atoms with Crippen LogP contribution in [0.3, 0.4) is 0 Å². The summed E-state index contributed by atoms with van der Waals surface area (Å²) in [5.41, 5.74) is 2.60. The lowest BCUT2D eigenvalue weighted by molar-refractivity contribution is -0.121. The Kier molecular flexibility index (Phi) is 4.48. The molecule has 0 spiro atoms. The van der Waals surface area contributed by atoms with Crippen LogP contribution in [0.1, 0.15) is 24.2 Å². The van der Waals surface area contributed by atoms with Crippen LogP contribution in [-0.4, -0.2) is 40.0 Å². The summed E-state index contributed by atoms with van der Waals surface area (Å²) < 4.78 is 1.77. The van der Waals surface area contributed by atoms with E-state index in [1.165, 1.54) is 0 Å². The molecule has 1 saturated heterocycles. The van der Waals surface area contributed by atoms with Gasteiger partial charge in [0.15, 0.2) is 0 Å². The zero-order valence-electron chi connectivity index (χ0n) is 12.7. The van der Waals surface area contributed by atoms with Gasteiger partial charge in [0.1, 0.15) is 0 Å². The summed E-state index contributed by atoms with van der Waals surface area (Å²) in [6, 6.07) is 10.1. The van der Waals surface area contributed by atoms with Crippen LogP contribution in [0.5, 0.6) is 0 Å². The third kappa shape index (κ3) is 3.33. The molecule has 0 unspecified atom stereocenters. The summed E-state index contributed by atoms with van der Waals surface area (Å²) >= 11 is 0. The van der Waals surface area contributed by atoms with E-state index in [-0.39, 0.29) is 18.4 Å². The third-order valence-electron chi connectivity index (χ3n) is 4.02. The maximum absolute atomic E-state index is 12.2. The molecule has 2 N–H and O–H groups in total. The highest BCUT2D eigenvalue weighted by molar-refractivity contribution is 5.78. The molecule has 1 aliphatic heterocycles. The summed E-state index contributed by atoms with van der Waals surface area (Å²) in [6.45, 7) is 3.88. The van der Waals surface area contributed by atoms with Gasteiger partial charge in [-0.1, -0.05) is 23.4 Å². The Morgan fingerprint density at radius 1 is 1.32 bits per heavy atom. The van der Waals surface area contributed by atoms with E-state index in [4.69, 9.17) is 0 Å². The summed E-state index contributed by atoms with van der Waals surface area (Å²) in [4.78, 5) is 12.2. The van der Waals surface area contributed by atoms with E-state index >= 15 is 0 Å². The number of nitrogens with zero attached hydrogens (tertiary/aromatic N) is 3. The Bertz CT molecular complexity index is 631. The number of nitrogens with one attached hydrogen (secondary N) is 2. The number of carbonyl (C=O) groups excluding carboxylic acids is 1. The number of benzene rings is 1. The molecule has 0 bridgehead atoms. The Labute approximate surface area is 129 Å². The molecule has 0 atom stereocenters. The van der Waals surface area contributed by atoms with Gasteiger partial charge in [0, 0.05) is 6.04 Å². The topological polar surface area (TPSA) is 71.8 Å². The normalized spacial score (nSPS) is 15.7. The quantitative estimate of drug-likeness (QED) is 0.883. The van der Waals surface area contributed by atoms with Gasteiger partial charge in [-0.15, -0.1) is 5.10 Å². The van der Waals surface area contributed by atoms with Gasteiger partial charge in [-0.05, 0) is 45.0 Å². The van der Waals surface area contributed by atoms with E-state index in [0.717, 1.165) is 43.0 Å². The van der Waals surface area contributed by atoms with Crippen molar-refractivity contribution in [1.82, 2.24) is 25.6 Å². The highest BCUT2D eigenvalue weighted by atomic mass is 16.1. The lowest BCUT2D eigenvalue weighted by Crippen LogP contribution is -2.43. The summed E-state index contributed by atoms with van der Waals surface area (Å²) in [5, 5.41) is 14.7. The number of hydrogen-bond acceptors (Lipinski definition) is 4. The Balaban J connectivity index is 1.65. The lowest BCUT2D eigenvalue weighted by atomic mass is 10.1. The molecule has 1 aliphatic rings. The van der Waals surface area contributed by atoms with E-state index in [9.17, 15) is 4.79 Å². The van der Waals surface area contributed by atoms with Crippen molar-refractivity contribution >= 4 is 5.91 Å². The van der Waals surface area contributed by atoms with E-state index in [1.807, 2.05) is 37.3 Å². The number of aromatic nitrogens is 3. The monoisotopic (exact) mass is 299 g/mol. The van der Waals surface area contributed by atoms with Crippen molar-refractivity contribution in [3.63, 3.8) is 0 Å². The lowest BCUT2D eigenvalue weighted by Gasteiger charge is -2.23. The minimum absolute atomic E-state index is 0.0233. The Morgan fingerprint density at radius 3 is 2.77 bits per heavy atom. The van der Waals surface area contributed by atoms with Crippen molar-refractivity contribution in [2.75, 3.05) is 13.1 Å². The highest BCUT2D eigenvalue weighted by Gasteiger charge is 2.18. The molecular weight excluding hydrogens is 278 g/mol. The van der Waals surface area contributed by atoms with Crippen LogP contribution in [0, 0.1) is 6.92 Å². The number of hydrogen-bond donors (Lipinski definition) is 2. The second kappa shape index (κ2) is 6.70. The fourth-order valence-corrected chi connectivity index (χ4v) is 2.74. The molecule has 116 valence electrons. The standard InChI is InChI=1S/C16H21N5O/c1-12-15(11-16(22)18-13-7-9-17-10-8-13)19-20-21(12)14-5-3-2-4-6-14/h2-6,13,17H,7-11H2,1H3,(H,18,22).